The van der Waals surface area contributed by atoms with Crippen LogP contribution in [0.25, 0.3) is 0 Å². The van der Waals surface area contributed by atoms with Crippen LogP contribution in [-0.2, 0) is 10.2 Å². The maximum atomic E-state index is 11.8. The number of nitrogens with zero attached hydrogens (tertiary/aromatic N) is 1. The summed E-state index contributed by atoms with van der Waals surface area (Å²) in [5.41, 5.74) is 8.01. The molecular formula is C16H22N2O3. The lowest BCUT2D eigenvalue weighted by Crippen LogP contribution is -2.47. The molecule has 1 amide bonds. The molecule has 21 heavy (non-hydrogen) atoms. The smallest absolute Gasteiger partial charge is 0.409 e. The first-order chi connectivity index (χ1) is 10.1. The molecular weight excluding hydrogens is 268 g/mol. The van der Waals surface area contributed by atoms with Gasteiger partial charge in [-0.3, -0.25) is 0 Å². The third kappa shape index (κ3) is 2.52. The van der Waals surface area contributed by atoms with Crippen LogP contribution >= 0.6 is 0 Å². The van der Waals surface area contributed by atoms with Crippen molar-refractivity contribution in [2.45, 2.75) is 31.6 Å². The number of ether oxygens (including phenoxy) is 2. The fourth-order valence-corrected chi connectivity index (χ4v) is 3.43. The second kappa shape index (κ2) is 5.47. The zero-order chi connectivity index (χ0) is 14.9. The lowest BCUT2D eigenvalue weighted by Gasteiger charge is -2.44. The summed E-state index contributed by atoms with van der Waals surface area (Å²) in [4.78, 5) is 13.6. The van der Waals surface area contributed by atoms with Crippen molar-refractivity contribution < 1.29 is 14.3 Å². The molecule has 1 spiro atoms. The van der Waals surface area contributed by atoms with Gasteiger partial charge in [-0.05, 0) is 44.4 Å². The number of piperidine rings is 1. The van der Waals surface area contributed by atoms with Crippen molar-refractivity contribution in [1.82, 2.24) is 4.90 Å². The van der Waals surface area contributed by atoms with Gasteiger partial charge in [0.15, 0.2) is 0 Å². The first kappa shape index (κ1) is 14.0. The molecule has 0 aliphatic carbocycles. The Labute approximate surface area is 125 Å². The fraction of sp³-hybridized carbons (Fsp3) is 0.562. The van der Waals surface area contributed by atoms with Crippen LogP contribution in [0.2, 0.25) is 0 Å². The molecule has 2 aliphatic heterocycles. The lowest BCUT2D eigenvalue weighted by atomic mass is 9.69. The molecule has 0 unspecified atom stereocenters. The Bertz CT molecular complexity index is 536. The van der Waals surface area contributed by atoms with Crippen molar-refractivity contribution in [3.8, 4) is 5.75 Å². The number of hydrogen-bond donors (Lipinski definition) is 1. The van der Waals surface area contributed by atoms with E-state index in [9.17, 15) is 4.79 Å². The van der Waals surface area contributed by atoms with Crippen LogP contribution < -0.4 is 10.5 Å². The van der Waals surface area contributed by atoms with Crippen LogP contribution in [0.3, 0.4) is 0 Å². The maximum absolute atomic E-state index is 11.8. The Morgan fingerprint density at radius 1 is 1.38 bits per heavy atom. The van der Waals surface area contributed by atoms with E-state index in [1.54, 1.807) is 4.90 Å². The Balaban J connectivity index is 1.80. The van der Waals surface area contributed by atoms with Crippen LogP contribution in [0, 0.1) is 0 Å². The van der Waals surface area contributed by atoms with Crippen LogP contribution in [0.1, 0.15) is 31.7 Å². The van der Waals surface area contributed by atoms with E-state index in [0.717, 1.165) is 50.4 Å². The first-order valence-electron chi connectivity index (χ1n) is 7.59. The minimum Gasteiger partial charge on any atom is -0.493 e. The Morgan fingerprint density at radius 2 is 2.14 bits per heavy atom. The minimum absolute atomic E-state index is 0.0892. The molecule has 1 fully saturated rings. The normalized spacial score (nSPS) is 19.8. The quantitative estimate of drug-likeness (QED) is 0.807. The van der Waals surface area contributed by atoms with E-state index in [1.165, 1.54) is 5.56 Å². The topological polar surface area (TPSA) is 64.8 Å². The van der Waals surface area contributed by atoms with Crippen molar-refractivity contribution in [3.05, 3.63) is 23.8 Å². The van der Waals surface area contributed by atoms with Crippen LogP contribution in [0.4, 0.5) is 10.5 Å². The van der Waals surface area contributed by atoms with E-state index in [2.05, 4.69) is 0 Å². The molecule has 1 aromatic rings. The number of hydrogen-bond acceptors (Lipinski definition) is 4. The summed E-state index contributed by atoms with van der Waals surface area (Å²) in [5.74, 6) is 0.944. The number of nitrogen functional groups attached to an aromatic ring is 1. The predicted octanol–water partition coefficient (Wildman–Crippen LogP) is 2.54. The number of benzene rings is 1. The summed E-state index contributed by atoms with van der Waals surface area (Å²) >= 11 is 0. The fourth-order valence-electron chi connectivity index (χ4n) is 3.43. The molecule has 5 heteroatoms. The van der Waals surface area contributed by atoms with Crippen LogP contribution in [-0.4, -0.2) is 37.3 Å². The summed E-state index contributed by atoms with van der Waals surface area (Å²) in [7, 11) is 0. The summed E-state index contributed by atoms with van der Waals surface area (Å²) in [6.07, 6.45) is 2.66. The molecule has 5 nitrogen and oxygen atoms in total. The van der Waals surface area contributed by atoms with E-state index in [1.807, 2.05) is 25.1 Å². The SMILES string of the molecule is CCOC(=O)N1CCC2(CCOc3ccc(N)cc32)CC1. The highest BCUT2D eigenvalue weighted by Gasteiger charge is 2.41. The number of likely N-dealkylation sites (tertiary alicyclic amines) is 1. The number of nitrogens with two attached hydrogens (primary N) is 1. The monoisotopic (exact) mass is 290 g/mol. The van der Waals surface area contributed by atoms with Gasteiger partial charge in [0.05, 0.1) is 13.2 Å². The summed E-state index contributed by atoms with van der Waals surface area (Å²) in [6, 6.07) is 5.88. The van der Waals surface area contributed by atoms with Gasteiger partial charge in [0, 0.05) is 29.8 Å². The highest BCUT2D eigenvalue weighted by molar-refractivity contribution is 5.67. The number of fused-ring (bicyclic) bond motifs is 2. The van der Waals surface area contributed by atoms with Crippen molar-refractivity contribution >= 4 is 11.8 Å². The van der Waals surface area contributed by atoms with Gasteiger partial charge in [0.2, 0.25) is 0 Å². The molecule has 2 N–H and O–H groups in total. The second-order valence-electron chi connectivity index (χ2n) is 5.82. The standard InChI is InChI=1S/C16H22N2O3/c1-2-20-15(19)18-8-5-16(6-9-18)7-10-21-14-4-3-12(17)11-13(14)16/h3-4,11H,2,5-10,17H2,1H3. The molecule has 2 aliphatic rings. The first-order valence-corrected chi connectivity index (χ1v) is 7.59. The highest BCUT2D eigenvalue weighted by atomic mass is 16.6. The average Bonchev–Trinajstić information content (AvgIpc) is 2.49. The van der Waals surface area contributed by atoms with E-state index in [-0.39, 0.29) is 11.5 Å². The van der Waals surface area contributed by atoms with Crippen LogP contribution in [0.5, 0.6) is 5.75 Å². The zero-order valence-corrected chi connectivity index (χ0v) is 12.4. The van der Waals surface area contributed by atoms with Gasteiger partial charge >= 0.3 is 6.09 Å². The van der Waals surface area contributed by atoms with Gasteiger partial charge in [-0.15, -0.1) is 0 Å². The Morgan fingerprint density at radius 3 is 2.86 bits per heavy atom. The van der Waals surface area contributed by atoms with Crippen molar-refractivity contribution in [2.24, 2.45) is 0 Å². The van der Waals surface area contributed by atoms with Gasteiger partial charge in [0.25, 0.3) is 0 Å². The average molecular weight is 290 g/mol. The summed E-state index contributed by atoms with van der Waals surface area (Å²) in [6.45, 7) is 4.45. The number of rotatable bonds is 1. The molecule has 1 aromatic carbocycles. The Hall–Kier alpha value is -1.91. The van der Waals surface area contributed by atoms with E-state index < -0.39 is 0 Å². The molecule has 0 saturated carbocycles. The van der Waals surface area contributed by atoms with Gasteiger partial charge < -0.3 is 20.1 Å². The van der Waals surface area contributed by atoms with Gasteiger partial charge in [0.1, 0.15) is 5.75 Å². The lowest BCUT2D eigenvalue weighted by molar-refractivity contribution is 0.0765. The van der Waals surface area contributed by atoms with E-state index in [0.29, 0.717) is 6.61 Å². The molecule has 0 bridgehead atoms. The van der Waals surface area contributed by atoms with Crippen LogP contribution in [0.15, 0.2) is 18.2 Å². The van der Waals surface area contributed by atoms with Gasteiger partial charge in [-0.2, -0.15) is 0 Å². The molecule has 2 heterocycles. The van der Waals surface area contributed by atoms with Crippen molar-refractivity contribution in [3.63, 3.8) is 0 Å². The number of carbonyl (C=O) groups is 1. The summed E-state index contributed by atoms with van der Waals surface area (Å²) < 4.78 is 10.8. The molecule has 0 aromatic heterocycles. The molecule has 0 atom stereocenters. The molecule has 1 saturated heterocycles. The third-order valence-corrected chi connectivity index (χ3v) is 4.66. The second-order valence-corrected chi connectivity index (χ2v) is 5.82. The maximum Gasteiger partial charge on any atom is 0.409 e. The Kier molecular flexibility index (Phi) is 3.66. The zero-order valence-electron chi connectivity index (χ0n) is 12.4. The van der Waals surface area contributed by atoms with Crippen molar-refractivity contribution in [1.29, 1.82) is 0 Å². The van der Waals surface area contributed by atoms with Gasteiger partial charge in [-0.1, -0.05) is 0 Å². The largest absolute Gasteiger partial charge is 0.493 e. The number of carbonyl (C=O) groups excluding carboxylic acids is 1. The van der Waals surface area contributed by atoms with Gasteiger partial charge in [-0.25, -0.2) is 4.79 Å². The number of amides is 1. The third-order valence-electron chi connectivity index (χ3n) is 4.66. The van der Waals surface area contributed by atoms with E-state index in [4.69, 9.17) is 15.2 Å². The number of anilines is 1. The molecule has 0 radical (unpaired) electrons. The predicted molar refractivity (Wildman–Crippen MR) is 80.5 cm³/mol. The minimum atomic E-state index is -0.202. The van der Waals surface area contributed by atoms with Crippen molar-refractivity contribution in [2.75, 3.05) is 32.0 Å². The van der Waals surface area contributed by atoms with E-state index >= 15 is 0 Å². The highest BCUT2D eigenvalue weighted by Crippen LogP contribution is 2.46. The summed E-state index contributed by atoms with van der Waals surface area (Å²) in [5, 5.41) is 0. The molecule has 3 rings (SSSR count). The molecule has 114 valence electrons.